The molecule has 6 heteroatoms. The predicted octanol–water partition coefficient (Wildman–Crippen LogP) is 23.4. The second-order valence-electron chi connectivity index (χ2n) is 35.3. The van der Waals surface area contributed by atoms with Gasteiger partial charge < -0.3 is 23.5 Å². The van der Waals surface area contributed by atoms with Crippen LogP contribution in [0.4, 0.5) is 34.1 Å². The molecule has 2 aliphatic rings. The van der Waals surface area contributed by atoms with E-state index in [0.717, 1.165) is 41.3 Å². The molecule has 0 N–H and O–H groups in total. The molecule has 490 valence electrons. The van der Waals surface area contributed by atoms with Gasteiger partial charge in [-0.15, -0.1) is 0 Å². The number of rotatable bonds is 7. The maximum Gasteiger partial charge on any atom is 0.252 e. The topological polar surface area (TPSA) is 21.3 Å². The molecule has 2 aliphatic heterocycles. The lowest BCUT2D eigenvalue weighted by Crippen LogP contribution is -2.61. The fourth-order valence-corrected chi connectivity index (χ4v) is 16.4. The van der Waals surface area contributed by atoms with Crippen LogP contribution in [0.1, 0.15) is 158 Å². The highest BCUT2D eigenvalue weighted by molar-refractivity contribution is 7.00. The molecule has 0 spiro atoms. The van der Waals surface area contributed by atoms with Gasteiger partial charge >= 0.3 is 0 Å². The van der Waals surface area contributed by atoms with Crippen LogP contribution in [0.25, 0.3) is 82.5 Å². The largest absolute Gasteiger partial charge is 0.311 e. The summed E-state index contributed by atoms with van der Waals surface area (Å²) in [7, 11) is 0. The number of benzene rings is 11. The lowest BCUT2D eigenvalue weighted by atomic mass is 9.33. The summed E-state index contributed by atoms with van der Waals surface area (Å²) in [6.07, 6.45) is 1.96. The molecule has 5 nitrogen and oxygen atoms in total. The highest BCUT2D eigenvalue weighted by atomic mass is 15.2. The Bertz CT molecular complexity index is 5090. The molecule has 0 unspecified atom stereocenters. The average molecular weight is 1280 g/mol. The van der Waals surface area contributed by atoms with Crippen molar-refractivity contribution in [3.05, 3.63) is 252 Å². The Hall–Kier alpha value is -9.52. The summed E-state index contributed by atoms with van der Waals surface area (Å²) in [4.78, 5) is 5.41. The van der Waals surface area contributed by atoms with Crippen molar-refractivity contribution >= 4 is 123 Å². The first-order chi connectivity index (χ1) is 46.3. The van der Waals surface area contributed by atoms with Gasteiger partial charge in [-0.3, -0.25) is 0 Å². The van der Waals surface area contributed by atoms with E-state index in [1.165, 1.54) is 138 Å². The molecule has 16 rings (SSSR count). The van der Waals surface area contributed by atoms with Crippen molar-refractivity contribution in [1.29, 1.82) is 0 Å². The van der Waals surface area contributed by atoms with Gasteiger partial charge in [0, 0.05) is 77.8 Å². The zero-order valence-electron chi connectivity index (χ0n) is 61.0. The van der Waals surface area contributed by atoms with Gasteiger partial charge in [-0.25, -0.2) is 0 Å². The van der Waals surface area contributed by atoms with Crippen LogP contribution >= 0.6 is 0 Å². The molecule has 0 aliphatic carbocycles. The first-order valence-corrected chi connectivity index (χ1v) is 35.8. The van der Waals surface area contributed by atoms with Crippen molar-refractivity contribution in [1.82, 2.24) is 13.7 Å². The SMILES string of the molecule is CC(C)(C)Cc1ccc2c(c1)c1cc(CC(C)(C)C)ccc1n2-c1cc2c3c(c1)N(c1cc(C(C)(C)C)cc(C(C)(C)C)c1)c1cc(-n4c5ccccc5c5ccccc54)ccc1B3c1ccc(-n3c4ccccc4c4ccccc43)cc1N2c1cc(C(C)(C)C)cc(C(C)(C)C)c1. The number of hydrogen-bond acceptors (Lipinski definition) is 2. The Morgan fingerprint density at radius 1 is 0.255 bits per heavy atom. The second-order valence-corrected chi connectivity index (χ2v) is 35.3. The van der Waals surface area contributed by atoms with Gasteiger partial charge in [0.2, 0.25) is 0 Å². The molecule has 3 aromatic heterocycles. The maximum atomic E-state index is 2.70. The number of hydrogen-bond donors (Lipinski definition) is 0. The van der Waals surface area contributed by atoms with Gasteiger partial charge in [0.05, 0.1) is 38.8 Å². The van der Waals surface area contributed by atoms with Crippen molar-refractivity contribution in [2.75, 3.05) is 9.80 Å². The molecule has 0 saturated heterocycles. The van der Waals surface area contributed by atoms with Crippen LogP contribution in [0.2, 0.25) is 0 Å². The van der Waals surface area contributed by atoms with Gasteiger partial charge in [-0.2, -0.15) is 0 Å². The second kappa shape index (κ2) is 22.0. The van der Waals surface area contributed by atoms with E-state index in [2.05, 4.69) is 367 Å². The molecule has 0 bridgehead atoms. The third-order valence-electron chi connectivity index (χ3n) is 21.1. The molecular formula is C92H94BN5. The summed E-state index contributed by atoms with van der Waals surface area (Å²) >= 11 is 0. The Balaban J connectivity index is 1.09. The highest BCUT2D eigenvalue weighted by Gasteiger charge is 2.45. The number of anilines is 6. The number of fused-ring (bicyclic) bond motifs is 13. The first kappa shape index (κ1) is 63.2. The minimum absolute atomic E-state index is 0.109. The van der Waals surface area contributed by atoms with E-state index < -0.39 is 0 Å². The summed E-state index contributed by atoms with van der Waals surface area (Å²) in [6.45, 7) is 42.5. The van der Waals surface area contributed by atoms with Gasteiger partial charge in [-0.05, 0) is 204 Å². The zero-order valence-corrected chi connectivity index (χ0v) is 61.0. The number of para-hydroxylation sites is 4. The molecule has 5 heterocycles. The van der Waals surface area contributed by atoms with Gasteiger partial charge in [0.1, 0.15) is 0 Å². The van der Waals surface area contributed by atoms with E-state index in [0.29, 0.717) is 0 Å². The third-order valence-corrected chi connectivity index (χ3v) is 21.1. The number of aromatic nitrogens is 3. The predicted molar refractivity (Wildman–Crippen MR) is 425 cm³/mol. The van der Waals surface area contributed by atoms with Crippen LogP contribution in [0.15, 0.2) is 218 Å². The van der Waals surface area contributed by atoms with Gasteiger partial charge in [0.25, 0.3) is 6.71 Å². The lowest BCUT2D eigenvalue weighted by Gasteiger charge is -2.45. The molecule has 0 saturated carbocycles. The van der Waals surface area contributed by atoms with E-state index in [4.69, 9.17) is 0 Å². The number of nitrogens with zero attached hydrogens (tertiary/aromatic N) is 5. The minimum Gasteiger partial charge on any atom is -0.311 e. The van der Waals surface area contributed by atoms with Crippen LogP contribution in [-0.4, -0.2) is 20.4 Å². The molecule has 0 fully saturated rings. The van der Waals surface area contributed by atoms with E-state index in [1.807, 2.05) is 0 Å². The van der Waals surface area contributed by atoms with Gasteiger partial charge in [0.15, 0.2) is 0 Å². The van der Waals surface area contributed by atoms with E-state index in [-0.39, 0.29) is 39.2 Å². The highest BCUT2D eigenvalue weighted by Crippen LogP contribution is 2.51. The maximum absolute atomic E-state index is 2.70. The summed E-state index contributed by atoms with van der Waals surface area (Å²) in [5, 5.41) is 7.57. The van der Waals surface area contributed by atoms with Crippen LogP contribution in [0, 0.1) is 10.8 Å². The summed E-state index contributed by atoms with van der Waals surface area (Å²) < 4.78 is 7.65. The van der Waals surface area contributed by atoms with Crippen LogP contribution < -0.4 is 26.2 Å². The fraction of sp³-hybridized carbons (Fsp3) is 0.283. The molecule has 14 aromatic rings. The standard InChI is InChI=1S/C92H94BN5/c1-87(2,3)55-57-35-41-80-72(43-57)73-44-58(56-88(4,5)6)36-42-81(73)96(80)67-53-84-86-85(54-67)98(66-49-61(91(13,14)15)46-62(50-66)92(16,17)18)83-52-64(95-78-33-25-21-29-70(78)71-30-22-26-34-79(71)95)38-40-75(83)93(86)74-39-37-63(94-76-31-23-19-27-68(76)69-28-20-24-32-77(69)94)51-82(74)97(84)65-47-59(89(7,8)9)45-60(48-65)90(10,11)12/h19-54H,55-56H2,1-18H3. The van der Waals surface area contributed by atoms with Crippen LogP contribution in [-0.2, 0) is 34.5 Å². The molecule has 0 atom stereocenters. The zero-order chi connectivity index (χ0) is 68.7. The quantitative estimate of drug-likeness (QED) is 0.148. The monoisotopic (exact) mass is 1280 g/mol. The average Bonchev–Trinajstić information content (AvgIpc) is 0.711. The Morgan fingerprint density at radius 3 is 0.867 bits per heavy atom. The molecule has 0 amide bonds. The lowest BCUT2D eigenvalue weighted by molar-refractivity contribution is 0.411. The third kappa shape index (κ3) is 10.6. The van der Waals surface area contributed by atoms with Crippen LogP contribution in [0.5, 0.6) is 0 Å². The van der Waals surface area contributed by atoms with Crippen molar-refractivity contribution in [3.8, 4) is 17.1 Å². The molecule has 0 radical (unpaired) electrons. The normalized spacial score (nSPS) is 13.8. The summed E-state index contributed by atoms with van der Waals surface area (Å²) in [5.74, 6) is 0. The Labute approximate surface area is 581 Å². The van der Waals surface area contributed by atoms with E-state index >= 15 is 0 Å². The van der Waals surface area contributed by atoms with E-state index in [9.17, 15) is 0 Å². The first-order valence-electron chi connectivity index (χ1n) is 35.8. The van der Waals surface area contributed by atoms with E-state index in [1.54, 1.807) is 0 Å². The molecule has 98 heavy (non-hydrogen) atoms. The summed E-state index contributed by atoms with van der Waals surface area (Å²) in [5.41, 5.74) is 29.0. The molecular weight excluding hydrogens is 1190 g/mol. The van der Waals surface area contributed by atoms with Crippen molar-refractivity contribution < 1.29 is 0 Å². The summed E-state index contributed by atoms with van der Waals surface area (Å²) in [6, 6.07) is 85.8. The van der Waals surface area contributed by atoms with Gasteiger partial charge in [-0.1, -0.05) is 234 Å². The minimum atomic E-state index is -0.176. The smallest absolute Gasteiger partial charge is 0.252 e. The Kier molecular flexibility index (Phi) is 14.2. The Morgan fingerprint density at radius 2 is 0.551 bits per heavy atom. The molecule has 11 aromatic carbocycles. The van der Waals surface area contributed by atoms with Crippen LogP contribution in [0.3, 0.4) is 0 Å². The van der Waals surface area contributed by atoms with Crippen molar-refractivity contribution in [3.63, 3.8) is 0 Å². The van der Waals surface area contributed by atoms with Crippen molar-refractivity contribution in [2.24, 2.45) is 10.8 Å². The van der Waals surface area contributed by atoms with Crippen molar-refractivity contribution in [2.45, 2.75) is 159 Å². The fourth-order valence-electron chi connectivity index (χ4n) is 16.4.